The van der Waals surface area contributed by atoms with Crippen LogP contribution in [0.1, 0.15) is 31.2 Å². The highest BCUT2D eigenvalue weighted by molar-refractivity contribution is 9.10. The molecule has 2 aliphatic rings. The molecule has 0 radical (unpaired) electrons. The SMILES string of the molecule is O=C(CCCNCC1Cc2cc(Br)ccc2O1)NC1CC1. The van der Waals surface area contributed by atoms with Crippen LogP contribution in [0.25, 0.3) is 0 Å². The summed E-state index contributed by atoms with van der Waals surface area (Å²) in [5, 5.41) is 6.39. The number of carbonyl (C=O) groups excluding carboxylic acids is 1. The Kier molecular flexibility index (Phi) is 4.80. The molecule has 0 bridgehead atoms. The zero-order chi connectivity index (χ0) is 14.7. The van der Waals surface area contributed by atoms with Gasteiger partial charge in [-0.3, -0.25) is 4.79 Å². The number of carbonyl (C=O) groups is 1. The number of hydrogen-bond acceptors (Lipinski definition) is 3. The molecule has 5 heteroatoms. The maximum absolute atomic E-state index is 11.5. The molecule has 1 atom stereocenters. The molecule has 1 unspecified atom stereocenters. The highest BCUT2D eigenvalue weighted by atomic mass is 79.9. The third-order valence-corrected chi connectivity index (χ3v) is 4.33. The summed E-state index contributed by atoms with van der Waals surface area (Å²) in [7, 11) is 0. The summed E-state index contributed by atoms with van der Waals surface area (Å²) in [6.07, 6.45) is 4.95. The van der Waals surface area contributed by atoms with Crippen molar-refractivity contribution >= 4 is 21.8 Å². The standard InChI is InChI=1S/C16H21BrN2O2/c17-12-3-6-15-11(8-12)9-14(21-15)10-18-7-1-2-16(20)19-13-4-5-13/h3,6,8,13-14,18H,1-2,4-5,7,9-10H2,(H,19,20). The Bertz CT molecular complexity index is 517. The summed E-state index contributed by atoms with van der Waals surface area (Å²) in [6, 6.07) is 6.61. The van der Waals surface area contributed by atoms with Crippen molar-refractivity contribution in [2.45, 2.75) is 44.2 Å². The van der Waals surface area contributed by atoms with Crippen molar-refractivity contribution in [2.24, 2.45) is 0 Å². The fourth-order valence-corrected chi connectivity index (χ4v) is 2.98. The molecule has 1 aromatic carbocycles. The van der Waals surface area contributed by atoms with Crippen LogP contribution >= 0.6 is 15.9 Å². The molecule has 1 aliphatic carbocycles. The molecule has 1 heterocycles. The molecule has 4 nitrogen and oxygen atoms in total. The maximum Gasteiger partial charge on any atom is 0.220 e. The molecule has 0 saturated heterocycles. The Morgan fingerprint density at radius 1 is 1.38 bits per heavy atom. The Labute approximate surface area is 133 Å². The van der Waals surface area contributed by atoms with Gasteiger partial charge in [-0.15, -0.1) is 0 Å². The third kappa shape index (κ3) is 4.45. The van der Waals surface area contributed by atoms with Crippen molar-refractivity contribution in [3.8, 4) is 5.75 Å². The number of fused-ring (bicyclic) bond motifs is 1. The van der Waals surface area contributed by atoms with Gasteiger partial charge in [0.15, 0.2) is 0 Å². The van der Waals surface area contributed by atoms with E-state index in [9.17, 15) is 4.79 Å². The molecule has 1 saturated carbocycles. The predicted octanol–water partition coefficient (Wildman–Crippen LogP) is 2.40. The highest BCUT2D eigenvalue weighted by Crippen LogP contribution is 2.30. The van der Waals surface area contributed by atoms with Gasteiger partial charge in [-0.25, -0.2) is 0 Å². The first-order valence-corrected chi connectivity index (χ1v) is 8.45. The summed E-state index contributed by atoms with van der Waals surface area (Å²) < 4.78 is 6.99. The largest absolute Gasteiger partial charge is 0.488 e. The molecule has 114 valence electrons. The van der Waals surface area contributed by atoms with Gasteiger partial charge in [0.25, 0.3) is 0 Å². The second kappa shape index (κ2) is 6.79. The van der Waals surface area contributed by atoms with E-state index in [2.05, 4.69) is 32.6 Å². The second-order valence-corrected chi connectivity index (χ2v) is 6.76. The van der Waals surface area contributed by atoms with Crippen LogP contribution in [0.3, 0.4) is 0 Å². The number of benzene rings is 1. The minimum absolute atomic E-state index is 0.189. The fourth-order valence-electron chi connectivity index (χ4n) is 2.57. The van der Waals surface area contributed by atoms with E-state index in [1.807, 2.05) is 12.1 Å². The average Bonchev–Trinajstić information content (AvgIpc) is 3.16. The lowest BCUT2D eigenvalue weighted by molar-refractivity contribution is -0.121. The Morgan fingerprint density at radius 2 is 2.24 bits per heavy atom. The van der Waals surface area contributed by atoms with Gasteiger partial charge in [-0.1, -0.05) is 15.9 Å². The van der Waals surface area contributed by atoms with Crippen LogP contribution in [-0.4, -0.2) is 31.1 Å². The number of halogens is 1. The number of ether oxygens (including phenoxy) is 1. The smallest absolute Gasteiger partial charge is 0.220 e. The van der Waals surface area contributed by atoms with E-state index in [0.717, 1.165) is 49.0 Å². The van der Waals surface area contributed by atoms with Crippen LogP contribution in [0.15, 0.2) is 22.7 Å². The van der Waals surface area contributed by atoms with Gasteiger partial charge in [-0.05, 0) is 49.6 Å². The topological polar surface area (TPSA) is 50.4 Å². The monoisotopic (exact) mass is 352 g/mol. The Balaban J connectivity index is 1.29. The zero-order valence-corrected chi connectivity index (χ0v) is 13.6. The Morgan fingerprint density at radius 3 is 3.05 bits per heavy atom. The molecule has 0 aromatic heterocycles. The minimum Gasteiger partial charge on any atom is -0.488 e. The quantitative estimate of drug-likeness (QED) is 0.741. The number of amides is 1. The van der Waals surface area contributed by atoms with Crippen molar-refractivity contribution in [3.63, 3.8) is 0 Å². The van der Waals surface area contributed by atoms with Crippen molar-refractivity contribution in [1.82, 2.24) is 10.6 Å². The van der Waals surface area contributed by atoms with E-state index in [1.54, 1.807) is 0 Å². The maximum atomic E-state index is 11.5. The number of nitrogens with one attached hydrogen (secondary N) is 2. The van der Waals surface area contributed by atoms with Gasteiger partial charge < -0.3 is 15.4 Å². The summed E-state index contributed by atoms with van der Waals surface area (Å²) in [5.41, 5.74) is 1.26. The number of rotatable bonds is 7. The highest BCUT2D eigenvalue weighted by Gasteiger charge is 2.23. The summed E-state index contributed by atoms with van der Waals surface area (Å²) in [5.74, 6) is 1.18. The van der Waals surface area contributed by atoms with Gasteiger partial charge in [0.05, 0.1) is 0 Å². The molecule has 1 aliphatic heterocycles. The second-order valence-electron chi connectivity index (χ2n) is 5.85. The van der Waals surface area contributed by atoms with Gasteiger partial charge in [0.2, 0.25) is 5.91 Å². The van der Waals surface area contributed by atoms with Crippen LogP contribution in [0, 0.1) is 0 Å². The molecule has 1 fully saturated rings. The van der Waals surface area contributed by atoms with Crippen LogP contribution in [0.5, 0.6) is 5.75 Å². The van der Waals surface area contributed by atoms with Crippen LogP contribution in [-0.2, 0) is 11.2 Å². The van der Waals surface area contributed by atoms with Crippen molar-refractivity contribution < 1.29 is 9.53 Å². The zero-order valence-electron chi connectivity index (χ0n) is 12.0. The summed E-state index contributed by atoms with van der Waals surface area (Å²) >= 11 is 3.48. The van der Waals surface area contributed by atoms with Crippen LogP contribution in [0.2, 0.25) is 0 Å². The lowest BCUT2D eigenvalue weighted by Gasteiger charge is -2.11. The van der Waals surface area contributed by atoms with E-state index in [4.69, 9.17) is 4.74 Å². The predicted molar refractivity (Wildman–Crippen MR) is 85.5 cm³/mol. The van der Waals surface area contributed by atoms with E-state index < -0.39 is 0 Å². The molecule has 1 aromatic rings. The Hall–Kier alpha value is -1.07. The van der Waals surface area contributed by atoms with Crippen LogP contribution < -0.4 is 15.4 Å². The summed E-state index contributed by atoms with van der Waals surface area (Å²) in [4.78, 5) is 11.5. The molecule has 3 rings (SSSR count). The van der Waals surface area contributed by atoms with Gasteiger partial charge in [0.1, 0.15) is 11.9 Å². The first-order valence-electron chi connectivity index (χ1n) is 7.66. The average molecular weight is 353 g/mol. The lowest BCUT2D eigenvalue weighted by Crippen LogP contribution is -2.31. The first kappa shape index (κ1) is 14.9. The molecule has 1 amide bonds. The van der Waals surface area contributed by atoms with E-state index >= 15 is 0 Å². The van der Waals surface area contributed by atoms with Crippen molar-refractivity contribution in [2.75, 3.05) is 13.1 Å². The van der Waals surface area contributed by atoms with Gasteiger partial charge in [-0.2, -0.15) is 0 Å². The van der Waals surface area contributed by atoms with E-state index in [1.165, 1.54) is 5.56 Å². The first-order chi connectivity index (χ1) is 10.2. The van der Waals surface area contributed by atoms with Gasteiger partial charge >= 0.3 is 0 Å². The normalized spacial score (nSPS) is 20.0. The molecule has 2 N–H and O–H groups in total. The number of hydrogen-bond donors (Lipinski definition) is 2. The lowest BCUT2D eigenvalue weighted by atomic mass is 10.1. The molecule has 0 spiro atoms. The van der Waals surface area contributed by atoms with Gasteiger partial charge in [0, 0.05) is 29.9 Å². The van der Waals surface area contributed by atoms with Crippen molar-refractivity contribution in [3.05, 3.63) is 28.2 Å². The van der Waals surface area contributed by atoms with Crippen molar-refractivity contribution in [1.29, 1.82) is 0 Å². The molecular formula is C16H21BrN2O2. The minimum atomic E-state index is 0.189. The fraction of sp³-hybridized carbons (Fsp3) is 0.562. The van der Waals surface area contributed by atoms with E-state index in [0.29, 0.717) is 12.5 Å². The third-order valence-electron chi connectivity index (χ3n) is 3.84. The summed E-state index contributed by atoms with van der Waals surface area (Å²) in [6.45, 7) is 1.69. The van der Waals surface area contributed by atoms with Crippen LogP contribution in [0.4, 0.5) is 0 Å². The van der Waals surface area contributed by atoms with E-state index in [-0.39, 0.29) is 12.0 Å². The molecular weight excluding hydrogens is 332 g/mol. The molecule has 21 heavy (non-hydrogen) atoms.